The summed E-state index contributed by atoms with van der Waals surface area (Å²) in [5, 5.41) is 0.690. The van der Waals surface area contributed by atoms with Gasteiger partial charge in [-0.2, -0.15) is 0 Å². The van der Waals surface area contributed by atoms with Gasteiger partial charge in [0.05, 0.1) is 6.61 Å². The Morgan fingerprint density at radius 2 is 1.48 bits per heavy atom. The number of carbonyl (C=O) groups excluding carboxylic acids is 2. The van der Waals surface area contributed by atoms with E-state index in [0.717, 1.165) is 49.7 Å². The highest BCUT2D eigenvalue weighted by Gasteiger charge is 2.06. The van der Waals surface area contributed by atoms with Crippen LogP contribution in [0.4, 0.5) is 0 Å². The Morgan fingerprint density at radius 1 is 0.926 bits per heavy atom. The summed E-state index contributed by atoms with van der Waals surface area (Å²) in [5.41, 5.74) is 2.02. The summed E-state index contributed by atoms with van der Waals surface area (Å²) in [4.78, 5) is 23.3. The first-order valence-corrected chi connectivity index (χ1v) is 10.3. The zero-order valence-electron chi connectivity index (χ0n) is 16.9. The van der Waals surface area contributed by atoms with Crippen molar-refractivity contribution in [2.45, 2.75) is 78.7 Å². The molecule has 0 unspecified atom stereocenters. The first kappa shape index (κ1) is 23.5. The molecule has 0 aliphatic heterocycles. The number of aryl methyl sites for hydroxylation is 1. The summed E-state index contributed by atoms with van der Waals surface area (Å²) in [6.07, 6.45) is 6.86. The van der Waals surface area contributed by atoms with Crippen LogP contribution >= 0.6 is 11.6 Å². The lowest BCUT2D eigenvalue weighted by Gasteiger charge is -2.08. The van der Waals surface area contributed by atoms with E-state index in [2.05, 4.69) is 0 Å². The van der Waals surface area contributed by atoms with Gasteiger partial charge < -0.3 is 9.47 Å². The molecule has 1 aromatic rings. The second-order valence-electron chi connectivity index (χ2n) is 7.43. The van der Waals surface area contributed by atoms with Crippen LogP contribution in [0.2, 0.25) is 5.02 Å². The fraction of sp³-hybridized carbons (Fsp3) is 0.636. The average molecular weight is 397 g/mol. The molecule has 0 fully saturated rings. The van der Waals surface area contributed by atoms with E-state index >= 15 is 0 Å². The highest BCUT2D eigenvalue weighted by molar-refractivity contribution is 6.30. The molecule has 27 heavy (non-hydrogen) atoms. The molecule has 0 atom stereocenters. The predicted molar refractivity (Wildman–Crippen MR) is 109 cm³/mol. The van der Waals surface area contributed by atoms with E-state index in [9.17, 15) is 9.59 Å². The van der Waals surface area contributed by atoms with Crippen LogP contribution in [0.1, 0.15) is 76.3 Å². The second-order valence-corrected chi connectivity index (χ2v) is 7.87. The molecule has 4 nitrogen and oxygen atoms in total. The van der Waals surface area contributed by atoms with Crippen LogP contribution in [0.15, 0.2) is 18.2 Å². The fourth-order valence-electron chi connectivity index (χ4n) is 2.63. The van der Waals surface area contributed by atoms with Crippen LogP contribution in [0, 0.1) is 12.8 Å². The summed E-state index contributed by atoms with van der Waals surface area (Å²) < 4.78 is 10.5. The third kappa shape index (κ3) is 11.7. The Hall–Kier alpha value is -1.55. The van der Waals surface area contributed by atoms with E-state index in [1.165, 1.54) is 0 Å². The molecule has 0 aromatic heterocycles. The van der Waals surface area contributed by atoms with Crippen LogP contribution in [0.5, 0.6) is 0 Å². The number of hydrogen-bond acceptors (Lipinski definition) is 4. The summed E-state index contributed by atoms with van der Waals surface area (Å²) in [6, 6.07) is 5.57. The van der Waals surface area contributed by atoms with Crippen molar-refractivity contribution in [1.29, 1.82) is 0 Å². The van der Waals surface area contributed by atoms with Gasteiger partial charge in [-0.1, -0.05) is 57.2 Å². The van der Waals surface area contributed by atoms with Crippen LogP contribution < -0.4 is 0 Å². The quantitative estimate of drug-likeness (QED) is 0.302. The van der Waals surface area contributed by atoms with Crippen molar-refractivity contribution in [1.82, 2.24) is 0 Å². The van der Waals surface area contributed by atoms with Crippen molar-refractivity contribution in [2.75, 3.05) is 6.61 Å². The van der Waals surface area contributed by atoms with Gasteiger partial charge in [0.15, 0.2) is 0 Å². The van der Waals surface area contributed by atoms with Crippen molar-refractivity contribution in [3.63, 3.8) is 0 Å². The Labute approximate surface area is 168 Å². The highest BCUT2D eigenvalue weighted by Crippen LogP contribution is 2.16. The molecule has 0 aliphatic carbocycles. The number of benzene rings is 1. The molecule has 0 N–H and O–H groups in total. The van der Waals surface area contributed by atoms with Crippen molar-refractivity contribution in [3.8, 4) is 0 Å². The van der Waals surface area contributed by atoms with E-state index in [0.29, 0.717) is 37.0 Å². The van der Waals surface area contributed by atoms with Gasteiger partial charge in [-0.05, 0) is 48.9 Å². The maximum Gasteiger partial charge on any atom is 0.306 e. The molecule has 0 radical (unpaired) electrons. The fourth-order valence-corrected chi connectivity index (χ4v) is 2.86. The van der Waals surface area contributed by atoms with Gasteiger partial charge in [0, 0.05) is 17.9 Å². The van der Waals surface area contributed by atoms with Gasteiger partial charge in [-0.25, -0.2) is 0 Å². The molecule has 0 spiro atoms. The molecule has 5 heteroatoms. The minimum absolute atomic E-state index is 0.0950. The maximum absolute atomic E-state index is 11.8. The molecule has 152 valence electrons. The Balaban J connectivity index is 1.98. The van der Waals surface area contributed by atoms with E-state index in [1.54, 1.807) is 0 Å². The smallest absolute Gasteiger partial charge is 0.306 e. The molecule has 0 amide bonds. The second kappa shape index (κ2) is 13.6. The van der Waals surface area contributed by atoms with Gasteiger partial charge in [-0.3, -0.25) is 9.59 Å². The molecule has 0 saturated carbocycles. The third-order valence-corrected chi connectivity index (χ3v) is 4.52. The molecular formula is C22H33ClO4. The summed E-state index contributed by atoms with van der Waals surface area (Å²) in [6.45, 7) is 6.82. The van der Waals surface area contributed by atoms with E-state index in [4.69, 9.17) is 21.1 Å². The molecular weight excluding hydrogens is 364 g/mol. The topological polar surface area (TPSA) is 52.6 Å². The molecule has 0 heterocycles. The predicted octanol–water partition coefficient (Wildman–Crippen LogP) is 6.01. The zero-order valence-corrected chi connectivity index (χ0v) is 17.6. The lowest BCUT2D eigenvalue weighted by atomic mass is 10.1. The lowest BCUT2D eigenvalue weighted by molar-refractivity contribution is -0.145. The number of unbranched alkanes of at least 4 members (excludes halogenated alkanes) is 5. The minimum Gasteiger partial charge on any atom is -0.465 e. The van der Waals surface area contributed by atoms with E-state index < -0.39 is 0 Å². The van der Waals surface area contributed by atoms with Gasteiger partial charge in [0.2, 0.25) is 0 Å². The largest absolute Gasteiger partial charge is 0.465 e. The molecule has 0 aliphatic rings. The van der Waals surface area contributed by atoms with Crippen LogP contribution in [0.3, 0.4) is 0 Å². The molecule has 1 rings (SSSR count). The number of rotatable bonds is 13. The van der Waals surface area contributed by atoms with Crippen molar-refractivity contribution < 1.29 is 19.1 Å². The molecule has 1 aromatic carbocycles. The lowest BCUT2D eigenvalue weighted by Crippen LogP contribution is -2.09. The van der Waals surface area contributed by atoms with Crippen molar-refractivity contribution >= 4 is 23.5 Å². The molecule has 0 bridgehead atoms. The monoisotopic (exact) mass is 396 g/mol. The summed E-state index contributed by atoms with van der Waals surface area (Å²) >= 11 is 5.92. The first-order chi connectivity index (χ1) is 12.9. The number of carbonyl (C=O) groups is 2. The number of esters is 2. The van der Waals surface area contributed by atoms with E-state index in [-0.39, 0.29) is 11.9 Å². The standard InChI is InChI=1S/C22H33ClO4/c1-17(2)15-26-21(24)10-8-6-4-5-7-9-11-22(25)27-16-19-12-13-20(23)14-18(19)3/h12-14,17H,4-11,15-16H2,1-3H3. The maximum atomic E-state index is 11.8. The third-order valence-electron chi connectivity index (χ3n) is 4.28. The number of ether oxygens (including phenoxy) is 2. The van der Waals surface area contributed by atoms with Crippen molar-refractivity contribution in [2.24, 2.45) is 5.92 Å². The average Bonchev–Trinajstić information content (AvgIpc) is 2.61. The first-order valence-electron chi connectivity index (χ1n) is 9.94. The Bertz CT molecular complexity index is 584. The summed E-state index contributed by atoms with van der Waals surface area (Å²) in [5.74, 6) is 0.135. The van der Waals surface area contributed by atoms with E-state index in [1.807, 2.05) is 39.0 Å². The normalized spacial score (nSPS) is 10.9. The SMILES string of the molecule is Cc1cc(Cl)ccc1COC(=O)CCCCCCCCC(=O)OCC(C)C. The highest BCUT2D eigenvalue weighted by atomic mass is 35.5. The van der Waals surface area contributed by atoms with Crippen LogP contribution in [0.25, 0.3) is 0 Å². The van der Waals surface area contributed by atoms with Gasteiger partial charge in [0.1, 0.15) is 6.61 Å². The molecule has 0 saturated heterocycles. The van der Waals surface area contributed by atoms with Crippen molar-refractivity contribution in [3.05, 3.63) is 34.3 Å². The zero-order chi connectivity index (χ0) is 20.1. The van der Waals surface area contributed by atoms with Gasteiger partial charge in [0.25, 0.3) is 0 Å². The minimum atomic E-state index is -0.155. The number of halogens is 1. The summed E-state index contributed by atoms with van der Waals surface area (Å²) in [7, 11) is 0. The number of hydrogen-bond donors (Lipinski definition) is 0. The van der Waals surface area contributed by atoms with Crippen LogP contribution in [-0.2, 0) is 25.7 Å². The Kier molecular flexibility index (Phi) is 11.8. The Morgan fingerprint density at radius 3 is 2.04 bits per heavy atom. The van der Waals surface area contributed by atoms with Crippen LogP contribution in [-0.4, -0.2) is 18.5 Å². The van der Waals surface area contributed by atoms with Gasteiger partial charge in [-0.15, -0.1) is 0 Å². The van der Waals surface area contributed by atoms with Gasteiger partial charge >= 0.3 is 11.9 Å².